The minimum atomic E-state index is -0.296. The van der Waals surface area contributed by atoms with Crippen molar-refractivity contribution in [2.75, 3.05) is 44.8 Å². The first kappa shape index (κ1) is 26.7. The lowest BCUT2D eigenvalue weighted by Gasteiger charge is -2.37. The molecule has 0 radical (unpaired) electrons. The van der Waals surface area contributed by atoms with Crippen molar-refractivity contribution in [3.63, 3.8) is 0 Å². The van der Waals surface area contributed by atoms with E-state index in [4.69, 9.17) is 32.7 Å². The van der Waals surface area contributed by atoms with Gasteiger partial charge in [0.2, 0.25) is 11.8 Å². The number of carbonyl (C=O) groups is 2. The number of carbonyl (C=O) groups excluding carboxylic acids is 2. The summed E-state index contributed by atoms with van der Waals surface area (Å²) in [7, 11) is 1.62. The van der Waals surface area contributed by atoms with Gasteiger partial charge in [0.1, 0.15) is 17.8 Å². The van der Waals surface area contributed by atoms with E-state index in [1.165, 1.54) is 16.8 Å². The van der Waals surface area contributed by atoms with Crippen LogP contribution in [-0.2, 0) is 20.9 Å². The number of amides is 2. The first-order valence-corrected chi connectivity index (χ1v) is 12.8. The van der Waals surface area contributed by atoms with E-state index >= 15 is 0 Å². The fourth-order valence-corrected chi connectivity index (χ4v) is 4.92. The summed E-state index contributed by atoms with van der Waals surface area (Å²) in [5.41, 5.74) is 2.50. The van der Waals surface area contributed by atoms with E-state index < -0.39 is 0 Å². The lowest BCUT2D eigenvalue weighted by atomic mass is 10.2. The zero-order chi connectivity index (χ0) is 26.0. The highest BCUT2D eigenvalue weighted by atomic mass is 79.9. The van der Waals surface area contributed by atoms with Gasteiger partial charge in [0.05, 0.1) is 29.6 Å². The molecular weight excluding hydrogens is 573 g/mol. The van der Waals surface area contributed by atoms with Crippen LogP contribution in [0.4, 0.5) is 5.69 Å². The number of anilines is 1. The number of fused-ring (bicyclic) bond motifs is 1. The van der Waals surface area contributed by atoms with Crippen LogP contribution in [0.15, 0.2) is 35.1 Å². The van der Waals surface area contributed by atoms with Gasteiger partial charge in [0.25, 0.3) is 0 Å². The predicted octanol–water partition coefficient (Wildman–Crippen LogP) is 4.35. The molecular formula is C24H26BrCl2N5O4. The molecule has 1 aliphatic rings. The zero-order valence-electron chi connectivity index (χ0n) is 20.1. The van der Waals surface area contributed by atoms with Gasteiger partial charge in [-0.3, -0.25) is 19.0 Å². The SMILES string of the molecule is CC(=O)N(CC(=O)N(C)c1ccc(Cl)c(COc2cccn3c(Br)c(C)nc23)c1Cl)N1CCOCC1. The Hall–Kier alpha value is -2.37. The Morgan fingerprint density at radius 1 is 1.22 bits per heavy atom. The van der Waals surface area contributed by atoms with Crippen molar-refractivity contribution in [1.29, 1.82) is 0 Å². The monoisotopic (exact) mass is 597 g/mol. The van der Waals surface area contributed by atoms with Gasteiger partial charge in [0.15, 0.2) is 11.4 Å². The van der Waals surface area contributed by atoms with Gasteiger partial charge in [-0.1, -0.05) is 23.2 Å². The molecule has 1 fully saturated rings. The second-order valence-electron chi connectivity index (χ2n) is 8.30. The largest absolute Gasteiger partial charge is 0.485 e. The van der Waals surface area contributed by atoms with Gasteiger partial charge in [-0.25, -0.2) is 9.99 Å². The molecule has 1 aliphatic heterocycles. The molecule has 2 amide bonds. The number of imidazole rings is 1. The number of aryl methyl sites for hydroxylation is 1. The average Bonchev–Trinajstić information content (AvgIpc) is 3.16. The molecule has 0 aliphatic carbocycles. The van der Waals surface area contributed by atoms with Crippen LogP contribution in [0.1, 0.15) is 18.2 Å². The van der Waals surface area contributed by atoms with Crippen molar-refractivity contribution < 1.29 is 19.1 Å². The third-order valence-electron chi connectivity index (χ3n) is 5.97. The highest BCUT2D eigenvalue weighted by molar-refractivity contribution is 9.10. The van der Waals surface area contributed by atoms with Crippen molar-refractivity contribution in [3.8, 4) is 5.75 Å². The van der Waals surface area contributed by atoms with E-state index in [9.17, 15) is 9.59 Å². The maximum absolute atomic E-state index is 13.1. The number of benzene rings is 1. The number of halogens is 3. The van der Waals surface area contributed by atoms with Crippen molar-refractivity contribution in [2.45, 2.75) is 20.5 Å². The molecule has 36 heavy (non-hydrogen) atoms. The molecule has 0 N–H and O–H groups in total. The summed E-state index contributed by atoms with van der Waals surface area (Å²) in [4.78, 5) is 31.4. The number of hydrazine groups is 1. The van der Waals surface area contributed by atoms with Crippen LogP contribution in [0.2, 0.25) is 10.0 Å². The molecule has 0 unspecified atom stereocenters. The number of likely N-dealkylation sites (N-methyl/N-ethyl adjacent to an activating group) is 1. The Morgan fingerprint density at radius 3 is 2.64 bits per heavy atom. The summed E-state index contributed by atoms with van der Waals surface area (Å²) >= 11 is 16.7. The highest BCUT2D eigenvalue weighted by Gasteiger charge is 2.26. The van der Waals surface area contributed by atoms with Gasteiger partial charge >= 0.3 is 0 Å². The number of pyridine rings is 1. The standard InChI is InChI=1S/C24H26BrCl2N5O4/c1-15-23(25)31-8-4-5-20(24(31)28-15)36-14-17-18(26)6-7-19(22(17)27)29(3)21(34)13-32(16(2)33)30-9-11-35-12-10-30/h4-8H,9-14H2,1-3H3. The smallest absolute Gasteiger partial charge is 0.248 e. The Kier molecular flexibility index (Phi) is 8.41. The van der Waals surface area contributed by atoms with Gasteiger partial charge in [-0.2, -0.15) is 0 Å². The minimum Gasteiger partial charge on any atom is -0.485 e. The summed E-state index contributed by atoms with van der Waals surface area (Å²) in [6, 6.07) is 7.02. The molecule has 1 saturated heterocycles. The lowest BCUT2D eigenvalue weighted by Crippen LogP contribution is -2.54. The van der Waals surface area contributed by atoms with Gasteiger partial charge < -0.3 is 14.4 Å². The van der Waals surface area contributed by atoms with Gasteiger partial charge in [-0.05, 0) is 47.1 Å². The molecule has 4 rings (SSSR count). The molecule has 2 aromatic heterocycles. The maximum atomic E-state index is 13.1. The Labute approximate surface area is 227 Å². The fourth-order valence-electron chi connectivity index (χ4n) is 3.94. The van der Waals surface area contributed by atoms with Crippen LogP contribution in [0.5, 0.6) is 5.75 Å². The number of morpholine rings is 1. The Balaban J connectivity index is 1.53. The summed E-state index contributed by atoms with van der Waals surface area (Å²) in [5.74, 6) is 0.0520. The van der Waals surface area contributed by atoms with Gasteiger partial charge in [0, 0.05) is 43.8 Å². The first-order chi connectivity index (χ1) is 17.2. The maximum Gasteiger partial charge on any atom is 0.248 e. The quantitative estimate of drug-likeness (QED) is 0.402. The van der Waals surface area contributed by atoms with E-state index in [0.29, 0.717) is 59.0 Å². The molecule has 0 bridgehead atoms. The average molecular weight is 599 g/mol. The number of aromatic nitrogens is 2. The fraction of sp³-hybridized carbons (Fsp3) is 0.375. The first-order valence-electron chi connectivity index (χ1n) is 11.3. The number of ether oxygens (including phenoxy) is 2. The minimum absolute atomic E-state index is 0.0735. The summed E-state index contributed by atoms with van der Waals surface area (Å²) < 4.78 is 14.1. The summed E-state index contributed by atoms with van der Waals surface area (Å²) in [6.07, 6.45) is 1.88. The van der Waals surface area contributed by atoms with Crippen LogP contribution >= 0.6 is 39.1 Å². The molecule has 0 saturated carbocycles. The topological polar surface area (TPSA) is 79.6 Å². The molecule has 192 valence electrons. The van der Waals surface area contributed by atoms with Crippen LogP contribution in [-0.4, -0.2) is 71.1 Å². The van der Waals surface area contributed by atoms with Crippen LogP contribution in [0.3, 0.4) is 0 Å². The lowest BCUT2D eigenvalue weighted by molar-refractivity contribution is -0.158. The molecule has 0 atom stereocenters. The Morgan fingerprint density at radius 2 is 1.94 bits per heavy atom. The Bertz CT molecular complexity index is 1300. The van der Waals surface area contributed by atoms with Crippen molar-refractivity contribution in [3.05, 3.63) is 56.4 Å². The molecule has 3 aromatic rings. The molecule has 0 spiro atoms. The molecule has 1 aromatic carbocycles. The second kappa shape index (κ2) is 11.4. The third-order valence-corrected chi connectivity index (χ3v) is 7.70. The van der Waals surface area contributed by atoms with E-state index in [-0.39, 0.29) is 25.0 Å². The van der Waals surface area contributed by atoms with E-state index in [1.54, 1.807) is 19.2 Å². The second-order valence-corrected chi connectivity index (χ2v) is 9.83. The molecule has 12 heteroatoms. The van der Waals surface area contributed by atoms with Crippen molar-refractivity contribution in [2.24, 2.45) is 0 Å². The van der Waals surface area contributed by atoms with Crippen LogP contribution in [0.25, 0.3) is 5.65 Å². The van der Waals surface area contributed by atoms with E-state index in [0.717, 1.165) is 10.3 Å². The van der Waals surface area contributed by atoms with Gasteiger partial charge in [-0.15, -0.1) is 0 Å². The number of rotatable bonds is 7. The highest BCUT2D eigenvalue weighted by Crippen LogP contribution is 2.35. The molecule has 3 heterocycles. The summed E-state index contributed by atoms with van der Waals surface area (Å²) in [6.45, 7) is 5.38. The van der Waals surface area contributed by atoms with Crippen molar-refractivity contribution in [1.82, 2.24) is 19.4 Å². The third kappa shape index (κ3) is 5.47. The normalized spacial score (nSPS) is 14.2. The zero-order valence-corrected chi connectivity index (χ0v) is 23.2. The number of hydrogen-bond acceptors (Lipinski definition) is 6. The van der Waals surface area contributed by atoms with E-state index in [2.05, 4.69) is 20.9 Å². The number of hydrogen-bond donors (Lipinski definition) is 0. The number of nitrogens with zero attached hydrogens (tertiary/aromatic N) is 5. The van der Waals surface area contributed by atoms with Crippen molar-refractivity contribution >= 4 is 62.3 Å². The molecule has 9 nitrogen and oxygen atoms in total. The van der Waals surface area contributed by atoms with Crippen LogP contribution in [0, 0.1) is 6.92 Å². The van der Waals surface area contributed by atoms with Crippen LogP contribution < -0.4 is 9.64 Å². The predicted molar refractivity (Wildman–Crippen MR) is 142 cm³/mol. The summed E-state index contributed by atoms with van der Waals surface area (Å²) in [5, 5.41) is 3.99. The van der Waals surface area contributed by atoms with E-state index in [1.807, 2.05) is 34.7 Å².